The monoisotopic (exact) mass is 347 g/mol. The maximum Gasteiger partial charge on any atom is 0.259 e. The molecular formula is C20H17N3O3. The Morgan fingerprint density at radius 1 is 1.04 bits per heavy atom. The maximum atomic E-state index is 11.8. The second-order valence-corrected chi connectivity index (χ2v) is 5.43. The first kappa shape index (κ1) is 17.2. The van der Waals surface area contributed by atoms with Crippen LogP contribution in [0.3, 0.4) is 0 Å². The van der Waals surface area contributed by atoms with Crippen molar-refractivity contribution in [1.82, 2.24) is 10.7 Å². The molecule has 0 aliphatic carbocycles. The van der Waals surface area contributed by atoms with Crippen LogP contribution in [0.2, 0.25) is 0 Å². The van der Waals surface area contributed by atoms with E-state index in [0.29, 0.717) is 5.76 Å². The number of amides is 2. The average molecular weight is 347 g/mol. The summed E-state index contributed by atoms with van der Waals surface area (Å²) < 4.78 is 5.07. The Kier molecular flexibility index (Phi) is 5.57. The molecule has 3 rings (SSSR count). The van der Waals surface area contributed by atoms with E-state index < -0.39 is 11.8 Å². The van der Waals surface area contributed by atoms with E-state index in [1.54, 1.807) is 18.3 Å². The van der Waals surface area contributed by atoms with Crippen molar-refractivity contribution in [3.8, 4) is 0 Å². The van der Waals surface area contributed by atoms with E-state index >= 15 is 0 Å². The van der Waals surface area contributed by atoms with Gasteiger partial charge in [-0.25, -0.2) is 5.43 Å². The summed E-state index contributed by atoms with van der Waals surface area (Å²) in [4.78, 5) is 23.4. The summed E-state index contributed by atoms with van der Waals surface area (Å²) in [7, 11) is 0. The molecule has 2 N–H and O–H groups in total. The zero-order valence-corrected chi connectivity index (χ0v) is 13.9. The standard InChI is InChI=1S/C20H17N3O3/c24-19(11-10-17-8-4-12-26-17)21-14-20(25)23-22-13-16-7-3-6-15-5-1-2-9-18(15)16/h1-13H,14H2,(H,21,24)(H,23,25)/b11-10+,22-13+. The predicted molar refractivity (Wildman–Crippen MR) is 100 cm³/mol. The van der Waals surface area contributed by atoms with E-state index in [2.05, 4.69) is 15.8 Å². The lowest BCUT2D eigenvalue weighted by Gasteiger charge is -2.02. The molecular weight excluding hydrogens is 330 g/mol. The fourth-order valence-corrected chi connectivity index (χ4v) is 2.35. The molecule has 6 nitrogen and oxygen atoms in total. The molecule has 0 spiro atoms. The highest BCUT2D eigenvalue weighted by atomic mass is 16.3. The maximum absolute atomic E-state index is 11.8. The van der Waals surface area contributed by atoms with Crippen molar-refractivity contribution in [3.63, 3.8) is 0 Å². The molecule has 0 unspecified atom stereocenters. The number of hydrogen-bond acceptors (Lipinski definition) is 4. The smallest absolute Gasteiger partial charge is 0.259 e. The Labute approximate surface area is 150 Å². The van der Waals surface area contributed by atoms with Crippen molar-refractivity contribution < 1.29 is 14.0 Å². The topological polar surface area (TPSA) is 83.7 Å². The Bertz CT molecular complexity index is 954. The van der Waals surface area contributed by atoms with Crippen molar-refractivity contribution in [2.75, 3.05) is 6.54 Å². The molecule has 2 amide bonds. The van der Waals surface area contributed by atoms with Crippen molar-refractivity contribution in [2.45, 2.75) is 0 Å². The van der Waals surface area contributed by atoms with Crippen molar-refractivity contribution >= 4 is 34.9 Å². The van der Waals surface area contributed by atoms with E-state index in [9.17, 15) is 9.59 Å². The molecule has 2 aromatic carbocycles. The first-order valence-electron chi connectivity index (χ1n) is 8.01. The number of carbonyl (C=O) groups is 2. The normalized spacial score (nSPS) is 11.2. The van der Waals surface area contributed by atoms with Gasteiger partial charge in [0.05, 0.1) is 19.0 Å². The van der Waals surface area contributed by atoms with Crippen LogP contribution in [0.15, 0.2) is 76.5 Å². The molecule has 6 heteroatoms. The van der Waals surface area contributed by atoms with Crippen molar-refractivity contribution in [3.05, 3.63) is 78.3 Å². The van der Waals surface area contributed by atoms with E-state index in [1.807, 2.05) is 42.5 Å². The average Bonchev–Trinajstić information content (AvgIpc) is 3.18. The Morgan fingerprint density at radius 2 is 1.88 bits per heavy atom. The Hall–Kier alpha value is -3.67. The highest BCUT2D eigenvalue weighted by Gasteiger charge is 2.02. The third-order valence-electron chi connectivity index (χ3n) is 3.58. The number of fused-ring (bicyclic) bond motifs is 1. The second-order valence-electron chi connectivity index (χ2n) is 5.43. The number of furan rings is 1. The fourth-order valence-electron chi connectivity index (χ4n) is 2.35. The minimum absolute atomic E-state index is 0.172. The van der Waals surface area contributed by atoms with Crippen LogP contribution < -0.4 is 10.7 Å². The van der Waals surface area contributed by atoms with E-state index in [1.165, 1.54) is 18.4 Å². The molecule has 26 heavy (non-hydrogen) atoms. The van der Waals surface area contributed by atoms with Crippen LogP contribution in [0.1, 0.15) is 11.3 Å². The van der Waals surface area contributed by atoms with Gasteiger partial charge in [-0.3, -0.25) is 9.59 Å². The molecule has 3 aromatic rings. The van der Waals surface area contributed by atoms with E-state index in [-0.39, 0.29) is 6.54 Å². The molecule has 0 fully saturated rings. The van der Waals surface area contributed by atoms with Gasteiger partial charge >= 0.3 is 0 Å². The van der Waals surface area contributed by atoms with Crippen LogP contribution in [0.4, 0.5) is 0 Å². The molecule has 0 aliphatic rings. The molecule has 0 saturated heterocycles. The quantitative estimate of drug-likeness (QED) is 0.408. The number of hydrazone groups is 1. The molecule has 0 saturated carbocycles. The SMILES string of the molecule is O=C(/C=C/c1ccco1)NCC(=O)N/N=C/c1cccc2ccccc12. The van der Waals surface area contributed by atoms with Gasteiger partial charge in [-0.05, 0) is 29.0 Å². The highest BCUT2D eigenvalue weighted by Crippen LogP contribution is 2.16. The highest BCUT2D eigenvalue weighted by molar-refractivity contribution is 6.00. The summed E-state index contributed by atoms with van der Waals surface area (Å²) in [6.45, 7) is -0.172. The van der Waals surface area contributed by atoms with Crippen LogP contribution in [0.5, 0.6) is 0 Å². The van der Waals surface area contributed by atoms with Gasteiger partial charge < -0.3 is 9.73 Å². The third kappa shape index (κ3) is 4.67. The second kappa shape index (κ2) is 8.43. The van der Waals surface area contributed by atoms with E-state index in [0.717, 1.165) is 16.3 Å². The van der Waals surface area contributed by atoms with Crippen molar-refractivity contribution in [2.24, 2.45) is 5.10 Å². The summed E-state index contributed by atoms with van der Waals surface area (Å²) in [5.41, 5.74) is 3.29. The molecule has 0 atom stereocenters. The molecule has 130 valence electrons. The lowest BCUT2D eigenvalue weighted by atomic mass is 10.1. The van der Waals surface area contributed by atoms with Crippen LogP contribution >= 0.6 is 0 Å². The Balaban J connectivity index is 1.49. The summed E-state index contributed by atoms with van der Waals surface area (Å²) >= 11 is 0. The number of rotatable bonds is 6. The number of nitrogens with zero attached hydrogens (tertiary/aromatic N) is 1. The molecule has 1 heterocycles. The summed E-state index contributed by atoms with van der Waals surface area (Å²) in [5, 5.41) is 8.56. The molecule has 0 bridgehead atoms. The summed E-state index contributed by atoms with van der Waals surface area (Å²) in [6, 6.07) is 17.2. The number of nitrogens with one attached hydrogen (secondary N) is 2. The van der Waals surface area contributed by atoms with Gasteiger partial charge in [-0.15, -0.1) is 0 Å². The van der Waals surface area contributed by atoms with E-state index in [4.69, 9.17) is 4.42 Å². The van der Waals surface area contributed by atoms with Gasteiger partial charge in [0.1, 0.15) is 5.76 Å². The lowest BCUT2D eigenvalue weighted by molar-refractivity contribution is -0.123. The predicted octanol–water partition coefficient (Wildman–Crippen LogP) is 2.71. The third-order valence-corrected chi connectivity index (χ3v) is 3.58. The summed E-state index contributed by atoms with van der Waals surface area (Å²) in [6.07, 6.45) is 5.91. The molecule has 0 aliphatic heterocycles. The zero-order valence-electron chi connectivity index (χ0n) is 13.9. The minimum atomic E-state index is -0.416. The summed E-state index contributed by atoms with van der Waals surface area (Å²) in [5.74, 6) is -0.250. The van der Waals surface area contributed by atoms with Crippen LogP contribution in [0, 0.1) is 0 Å². The van der Waals surface area contributed by atoms with Gasteiger partial charge in [0.25, 0.3) is 5.91 Å². The van der Waals surface area contributed by atoms with Gasteiger partial charge in [0.15, 0.2) is 0 Å². The minimum Gasteiger partial charge on any atom is -0.465 e. The van der Waals surface area contributed by atoms with Gasteiger partial charge in [0, 0.05) is 11.6 Å². The van der Waals surface area contributed by atoms with Gasteiger partial charge in [0.2, 0.25) is 5.91 Å². The molecule has 1 aromatic heterocycles. The van der Waals surface area contributed by atoms with Gasteiger partial charge in [-0.2, -0.15) is 5.10 Å². The number of hydrogen-bond donors (Lipinski definition) is 2. The first-order valence-corrected chi connectivity index (χ1v) is 8.01. The van der Waals surface area contributed by atoms with Gasteiger partial charge in [-0.1, -0.05) is 42.5 Å². The van der Waals surface area contributed by atoms with Crippen molar-refractivity contribution in [1.29, 1.82) is 0 Å². The number of carbonyl (C=O) groups excluding carboxylic acids is 2. The van der Waals surface area contributed by atoms with Crippen LogP contribution in [0.25, 0.3) is 16.8 Å². The molecule has 0 radical (unpaired) electrons. The van der Waals surface area contributed by atoms with Crippen LogP contribution in [-0.2, 0) is 9.59 Å². The number of benzene rings is 2. The first-order chi connectivity index (χ1) is 12.7. The van der Waals surface area contributed by atoms with Crippen LogP contribution in [-0.4, -0.2) is 24.6 Å². The zero-order chi connectivity index (χ0) is 18.2. The lowest BCUT2D eigenvalue weighted by Crippen LogP contribution is -2.34. The fraction of sp³-hybridized carbons (Fsp3) is 0.0500. The Morgan fingerprint density at radius 3 is 2.73 bits per heavy atom. The largest absolute Gasteiger partial charge is 0.465 e.